The number of carbonyl (C=O) groups is 1. The first-order chi connectivity index (χ1) is 7.56. The van der Waals surface area contributed by atoms with Gasteiger partial charge in [0.2, 0.25) is 5.91 Å². The molecule has 3 atom stereocenters. The molecule has 0 aromatic carbocycles. The van der Waals surface area contributed by atoms with Crippen LogP contribution in [0.3, 0.4) is 0 Å². The molecule has 2 saturated heterocycles. The lowest BCUT2D eigenvalue weighted by Gasteiger charge is -2.29. The van der Waals surface area contributed by atoms with Gasteiger partial charge in [0, 0.05) is 19.6 Å². The average molecular weight is 226 g/mol. The van der Waals surface area contributed by atoms with Gasteiger partial charge in [-0.2, -0.15) is 0 Å². The topological polar surface area (TPSA) is 41.6 Å². The number of hydrogen-bond acceptors (Lipinski definition) is 3. The van der Waals surface area contributed by atoms with E-state index in [9.17, 15) is 4.79 Å². The van der Waals surface area contributed by atoms with Crippen LogP contribution in [0.4, 0.5) is 0 Å². The minimum atomic E-state index is 0.0636. The van der Waals surface area contributed by atoms with Gasteiger partial charge in [0.15, 0.2) is 0 Å². The fourth-order valence-electron chi connectivity index (χ4n) is 2.56. The van der Waals surface area contributed by atoms with Crippen molar-refractivity contribution in [1.29, 1.82) is 0 Å². The minimum absolute atomic E-state index is 0.0636. The number of morpholine rings is 1. The second-order valence-corrected chi connectivity index (χ2v) is 5.50. The van der Waals surface area contributed by atoms with Gasteiger partial charge in [-0.15, -0.1) is 0 Å². The summed E-state index contributed by atoms with van der Waals surface area (Å²) in [7, 11) is 2.09. The van der Waals surface area contributed by atoms with Crippen LogP contribution in [0.5, 0.6) is 0 Å². The summed E-state index contributed by atoms with van der Waals surface area (Å²) in [5, 5.41) is 3.01. The van der Waals surface area contributed by atoms with E-state index in [1.54, 1.807) is 0 Å². The molecule has 0 saturated carbocycles. The molecule has 1 N–H and O–H groups in total. The molecule has 1 amide bonds. The highest BCUT2D eigenvalue weighted by Gasteiger charge is 2.43. The van der Waals surface area contributed by atoms with Gasteiger partial charge in [0.25, 0.3) is 0 Å². The summed E-state index contributed by atoms with van der Waals surface area (Å²) in [4.78, 5) is 14.2. The van der Waals surface area contributed by atoms with Gasteiger partial charge < -0.3 is 15.0 Å². The standard InChI is InChI=1S/C12H22N2O2/c1-8(2)5-13-12(15)10-4-9-6-14(3)7-11(10)16-9/h8-11H,4-7H2,1-3H3,(H,13,15)/t9-,10+,11-/m1/s1. The SMILES string of the molecule is CC(C)CNC(=O)[C@H]1C[C@@H]2CN(C)C[C@H]1O2. The number of likely N-dealkylation sites (N-methyl/N-ethyl adjacent to an activating group) is 1. The third kappa shape index (κ3) is 2.55. The molecule has 2 heterocycles. The van der Waals surface area contributed by atoms with Crippen LogP contribution in [0, 0.1) is 11.8 Å². The first-order valence-corrected chi connectivity index (χ1v) is 6.18. The molecule has 2 fully saturated rings. The molecular weight excluding hydrogens is 204 g/mol. The Morgan fingerprint density at radius 3 is 2.94 bits per heavy atom. The molecule has 4 nitrogen and oxygen atoms in total. The molecule has 2 bridgehead atoms. The number of rotatable bonds is 3. The highest BCUT2D eigenvalue weighted by Crippen LogP contribution is 2.31. The number of ether oxygens (including phenoxy) is 1. The summed E-state index contributed by atoms with van der Waals surface area (Å²) in [6, 6.07) is 0. The van der Waals surface area contributed by atoms with Crippen molar-refractivity contribution in [3.8, 4) is 0 Å². The maximum Gasteiger partial charge on any atom is 0.225 e. The van der Waals surface area contributed by atoms with E-state index in [2.05, 4.69) is 31.1 Å². The molecule has 4 heteroatoms. The molecule has 2 aliphatic heterocycles. The van der Waals surface area contributed by atoms with Crippen molar-refractivity contribution in [2.24, 2.45) is 11.8 Å². The highest BCUT2D eigenvalue weighted by atomic mass is 16.5. The highest BCUT2D eigenvalue weighted by molar-refractivity contribution is 5.79. The van der Waals surface area contributed by atoms with E-state index in [0.717, 1.165) is 26.1 Å². The van der Waals surface area contributed by atoms with Gasteiger partial charge in [-0.1, -0.05) is 13.8 Å². The summed E-state index contributed by atoms with van der Waals surface area (Å²) in [6.07, 6.45) is 1.26. The van der Waals surface area contributed by atoms with E-state index in [-0.39, 0.29) is 24.0 Å². The zero-order valence-electron chi connectivity index (χ0n) is 10.4. The van der Waals surface area contributed by atoms with Crippen molar-refractivity contribution >= 4 is 5.91 Å². The molecule has 0 unspecified atom stereocenters. The van der Waals surface area contributed by atoms with Crippen molar-refractivity contribution < 1.29 is 9.53 Å². The van der Waals surface area contributed by atoms with E-state index in [0.29, 0.717) is 5.92 Å². The molecular formula is C12H22N2O2. The smallest absolute Gasteiger partial charge is 0.225 e. The van der Waals surface area contributed by atoms with E-state index >= 15 is 0 Å². The molecule has 0 spiro atoms. The molecule has 16 heavy (non-hydrogen) atoms. The lowest BCUT2D eigenvalue weighted by molar-refractivity contribution is -0.127. The molecule has 92 valence electrons. The van der Waals surface area contributed by atoms with Crippen LogP contribution in [0.1, 0.15) is 20.3 Å². The Labute approximate surface area is 97.3 Å². The Bertz CT molecular complexity index is 268. The van der Waals surface area contributed by atoms with Gasteiger partial charge in [-0.05, 0) is 19.4 Å². The van der Waals surface area contributed by atoms with Gasteiger partial charge in [0.1, 0.15) is 0 Å². The monoisotopic (exact) mass is 226 g/mol. The number of fused-ring (bicyclic) bond motifs is 2. The first kappa shape index (κ1) is 11.9. The fraction of sp³-hybridized carbons (Fsp3) is 0.917. The number of carbonyl (C=O) groups excluding carboxylic acids is 1. The van der Waals surface area contributed by atoms with E-state index in [1.165, 1.54) is 0 Å². The van der Waals surface area contributed by atoms with E-state index < -0.39 is 0 Å². The Morgan fingerprint density at radius 1 is 1.50 bits per heavy atom. The van der Waals surface area contributed by atoms with Crippen molar-refractivity contribution in [2.45, 2.75) is 32.5 Å². The molecule has 2 aliphatic rings. The molecule has 0 aliphatic carbocycles. The Hall–Kier alpha value is -0.610. The number of likely N-dealkylation sites (tertiary alicyclic amines) is 1. The van der Waals surface area contributed by atoms with Crippen molar-refractivity contribution in [3.05, 3.63) is 0 Å². The lowest BCUT2D eigenvalue weighted by Crippen LogP contribution is -2.44. The van der Waals surface area contributed by atoms with Crippen LogP contribution in [0.25, 0.3) is 0 Å². The van der Waals surface area contributed by atoms with Gasteiger partial charge >= 0.3 is 0 Å². The third-order valence-corrected chi connectivity index (χ3v) is 3.36. The number of hydrogen-bond donors (Lipinski definition) is 1. The van der Waals surface area contributed by atoms with Crippen molar-refractivity contribution in [1.82, 2.24) is 10.2 Å². The third-order valence-electron chi connectivity index (χ3n) is 3.36. The van der Waals surface area contributed by atoms with E-state index in [4.69, 9.17) is 4.74 Å². The van der Waals surface area contributed by atoms with Crippen molar-refractivity contribution in [2.75, 3.05) is 26.7 Å². The predicted octanol–water partition coefficient (Wildman–Crippen LogP) is 0.478. The van der Waals surface area contributed by atoms with Crippen LogP contribution in [0.2, 0.25) is 0 Å². The maximum absolute atomic E-state index is 12.0. The van der Waals surface area contributed by atoms with Crippen LogP contribution >= 0.6 is 0 Å². The lowest BCUT2D eigenvalue weighted by atomic mass is 9.99. The largest absolute Gasteiger partial charge is 0.371 e. The summed E-state index contributed by atoms with van der Waals surface area (Å²) in [5.74, 6) is 0.749. The van der Waals surface area contributed by atoms with Gasteiger partial charge in [-0.25, -0.2) is 0 Å². The van der Waals surface area contributed by atoms with E-state index in [1.807, 2.05) is 0 Å². The summed E-state index contributed by atoms with van der Waals surface area (Å²) in [5.41, 5.74) is 0. The van der Waals surface area contributed by atoms with Crippen LogP contribution in [-0.4, -0.2) is 49.7 Å². The van der Waals surface area contributed by atoms with Crippen LogP contribution in [-0.2, 0) is 9.53 Å². The molecule has 0 aromatic heterocycles. The normalized spacial score (nSPS) is 34.4. The van der Waals surface area contributed by atoms with Gasteiger partial charge in [-0.3, -0.25) is 4.79 Å². The van der Waals surface area contributed by atoms with Gasteiger partial charge in [0.05, 0.1) is 18.1 Å². The van der Waals surface area contributed by atoms with Crippen LogP contribution < -0.4 is 5.32 Å². The number of nitrogens with zero attached hydrogens (tertiary/aromatic N) is 1. The molecule has 0 aromatic rings. The zero-order chi connectivity index (χ0) is 11.7. The minimum Gasteiger partial charge on any atom is -0.371 e. The Morgan fingerprint density at radius 2 is 2.25 bits per heavy atom. The Kier molecular flexibility index (Phi) is 3.50. The second-order valence-electron chi connectivity index (χ2n) is 5.50. The second kappa shape index (κ2) is 4.72. The fourth-order valence-corrected chi connectivity index (χ4v) is 2.56. The summed E-state index contributed by atoms with van der Waals surface area (Å²) >= 11 is 0. The summed E-state index contributed by atoms with van der Waals surface area (Å²) in [6.45, 7) is 6.83. The average Bonchev–Trinajstić information content (AvgIpc) is 2.50. The molecule has 0 radical (unpaired) electrons. The number of amides is 1. The summed E-state index contributed by atoms with van der Waals surface area (Å²) < 4.78 is 5.81. The maximum atomic E-state index is 12.0. The first-order valence-electron chi connectivity index (χ1n) is 6.18. The Balaban J connectivity index is 1.88. The van der Waals surface area contributed by atoms with Crippen molar-refractivity contribution in [3.63, 3.8) is 0 Å². The molecule has 2 rings (SSSR count). The van der Waals surface area contributed by atoms with Crippen LogP contribution in [0.15, 0.2) is 0 Å². The zero-order valence-corrected chi connectivity index (χ0v) is 10.4. The number of nitrogens with one attached hydrogen (secondary N) is 1. The predicted molar refractivity (Wildman–Crippen MR) is 62.1 cm³/mol. The quantitative estimate of drug-likeness (QED) is 0.761.